The van der Waals surface area contributed by atoms with Crippen molar-refractivity contribution in [3.8, 4) is 0 Å². The molecule has 0 unspecified atom stereocenters. The smallest absolute Gasteiger partial charge is 0.211 e. The SMILES string of the molecule is CCCCSc1nnc2c3ccccc3n(Cc3ccccc3)c2n1. The molecule has 25 heavy (non-hydrogen) atoms. The highest BCUT2D eigenvalue weighted by molar-refractivity contribution is 7.99. The van der Waals surface area contributed by atoms with Gasteiger partial charge in [0.05, 0.1) is 5.52 Å². The van der Waals surface area contributed by atoms with E-state index in [0.29, 0.717) is 0 Å². The fourth-order valence-corrected chi connectivity index (χ4v) is 3.85. The monoisotopic (exact) mass is 348 g/mol. The van der Waals surface area contributed by atoms with Gasteiger partial charge in [-0.2, -0.15) is 0 Å². The van der Waals surface area contributed by atoms with Gasteiger partial charge in [0, 0.05) is 17.7 Å². The first-order valence-electron chi connectivity index (χ1n) is 8.65. The van der Waals surface area contributed by atoms with E-state index in [4.69, 9.17) is 4.98 Å². The summed E-state index contributed by atoms with van der Waals surface area (Å²) in [5.41, 5.74) is 4.20. The molecule has 2 aromatic carbocycles. The number of fused-ring (bicyclic) bond motifs is 3. The second kappa shape index (κ2) is 7.23. The summed E-state index contributed by atoms with van der Waals surface area (Å²) in [4.78, 5) is 4.83. The van der Waals surface area contributed by atoms with E-state index in [2.05, 4.69) is 64.2 Å². The number of nitrogens with zero attached hydrogens (tertiary/aromatic N) is 4. The Kier molecular flexibility index (Phi) is 4.65. The van der Waals surface area contributed by atoms with Gasteiger partial charge in [-0.15, -0.1) is 10.2 Å². The molecule has 0 radical (unpaired) electrons. The van der Waals surface area contributed by atoms with E-state index < -0.39 is 0 Å². The van der Waals surface area contributed by atoms with Crippen LogP contribution in [0, 0.1) is 0 Å². The summed E-state index contributed by atoms with van der Waals surface area (Å²) in [5, 5.41) is 10.7. The van der Waals surface area contributed by atoms with Crippen LogP contribution in [0.4, 0.5) is 0 Å². The van der Waals surface area contributed by atoms with Gasteiger partial charge in [-0.05, 0) is 18.1 Å². The van der Waals surface area contributed by atoms with E-state index >= 15 is 0 Å². The van der Waals surface area contributed by atoms with E-state index in [-0.39, 0.29) is 0 Å². The first-order chi connectivity index (χ1) is 12.4. The third kappa shape index (κ3) is 3.24. The molecule has 0 aliphatic heterocycles. The highest BCUT2D eigenvalue weighted by atomic mass is 32.2. The van der Waals surface area contributed by atoms with Crippen LogP contribution in [-0.2, 0) is 6.54 Å². The predicted molar refractivity (Wildman–Crippen MR) is 104 cm³/mol. The number of benzene rings is 2. The van der Waals surface area contributed by atoms with Gasteiger partial charge in [0.15, 0.2) is 5.65 Å². The number of aromatic nitrogens is 4. The average Bonchev–Trinajstić information content (AvgIpc) is 2.96. The van der Waals surface area contributed by atoms with Crippen LogP contribution in [0.15, 0.2) is 59.8 Å². The zero-order valence-corrected chi connectivity index (χ0v) is 15.0. The molecule has 0 saturated heterocycles. The largest absolute Gasteiger partial charge is 0.319 e. The average molecular weight is 348 g/mol. The quantitative estimate of drug-likeness (QED) is 0.366. The lowest BCUT2D eigenvalue weighted by atomic mass is 10.2. The topological polar surface area (TPSA) is 43.6 Å². The summed E-state index contributed by atoms with van der Waals surface area (Å²) in [6.45, 7) is 2.98. The number of unbranched alkanes of at least 4 members (excludes halogenated alkanes) is 1. The molecule has 0 saturated carbocycles. The molecule has 2 aromatic heterocycles. The van der Waals surface area contributed by atoms with Crippen LogP contribution in [0.5, 0.6) is 0 Å². The molecule has 4 rings (SSSR count). The van der Waals surface area contributed by atoms with Crippen LogP contribution in [0.2, 0.25) is 0 Å². The van der Waals surface area contributed by atoms with Gasteiger partial charge in [0.25, 0.3) is 0 Å². The first kappa shape index (κ1) is 16.1. The number of hydrogen-bond acceptors (Lipinski definition) is 4. The Morgan fingerprint density at radius 1 is 0.960 bits per heavy atom. The van der Waals surface area contributed by atoms with Crippen molar-refractivity contribution in [2.75, 3.05) is 5.75 Å². The van der Waals surface area contributed by atoms with Gasteiger partial charge in [0.1, 0.15) is 5.52 Å². The van der Waals surface area contributed by atoms with Crippen LogP contribution in [-0.4, -0.2) is 25.5 Å². The van der Waals surface area contributed by atoms with Gasteiger partial charge < -0.3 is 4.57 Å². The molecule has 0 aliphatic carbocycles. The van der Waals surface area contributed by atoms with Crippen LogP contribution in [0.1, 0.15) is 25.3 Å². The van der Waals surface area contributed by atoms with E-state index in [1.165, 1.54) is 18.4 Å². The predicted octanol–water partition coefficient (Wildman–Crippen LogP) is 4.92. The van der Waals surface area contributed by atoms with Crippen LogP contribution in [0.3, 0.4) is 0 Å². The Labute approximate surface area is 151 Å². The summed E-state index contributed by atoms with van der Waals surface area (Å²) in [6.07, 6.45) is 2.34. The number of hydrogen-bond donors (Lipinski definition) is 0. The van der Waals surface area contributed by atoms with E-state index in [1.54, 1.807) is 11.8 Å². The number of para-hydroxylation sites is 1. The Morgan fingerprint density at radius 2 is 1.76 bits per heavy atom. The second-order valence-corrected chi connectivity index (χ2v) is 7.12. The van der Waals surface area contributed by atoms with Crippen molar-refractivity contribution in [2.45, 2.75) is 31.5 Å². The lowest BCUT2D eigenvalue weighted by molar-refractivity contribution is 0.812. The Morgan fingerprint density at radius 3 is 2.60 bits per heavy atom. The summed E-state index contributed by atoms with van der Waals surface area (Å²) in [5.74, 6) is 1.03. The normalized spacial score (nSPS) is 11.4. The zero-order chi connectivity index (χ0) is 17.1. The van der Waals surface area contributed by atoms with Crippen molar-refractivity contribution in [3.63, 3.8) is 0 Å². The van der Waals surface area contributed by atoms with Crippen molar-refractivity contribution >= 4 is 33.8 Å². The number of rotatable bonds is 6. The Balaban J connectivity index is 1.82. The molecule has 126 valence electrons. The van der Waals surface area contributed by atoms with Gasteiger partial charge >= 0.3 is 0 Å². The van der Waals surface area contributed by atoms with Crippen molar-refractivity contribution in [1.29, 1.82) is 0 Å². The molecule has 2 heterocycles. The van der Waals surface area contributed by atoms with Crippen molar-refractivity contribution in [1.82, 2.24) is 19.7 Å². The summed E-state index contributed by atoms with van der Waals surface area (Å²) < 4.78 is 2.25. The highest BCUT2D eigenvalue weighted by Crippen LogP contribution is 2.28. The molecular weight excluding hydrogens is 328 g/mol. The maximum Gasteiger partial charge on any atom is 0.211 e. The fraction of sp³-hybridized carbons (Fsp3) is 0.250. The van der Waals surface area contributed by atoms with E-state index in [0.717, 1.165) is 39.5 Å². The van der Waals surface area contributed by atoms with E-state index in [9.17, 15) is 0 Å². The van der Waals surface area contributed by atoms with Gasteiger partial charge in [-0.1, -0.05) is 73.6 Å². The van der Waals surface area contributed by atoms with Crippen LogP contribution < -0.4 is 0 Å². The summed E-state index contributed by atoms with van der Waals surface area (Å²) in [6, 6.07) is 18.8. The minimum atomic E-state index is 0.762. The van der Waals surface area contributed by atoms with Gasteiger partial charge in [-0.3, -0.25) is 0 Å². The molecule has 4 aromatic rings. The van der Waals surface area contributed by atoms with Crippen LogP contribution >= 0.6 is 11.8 Å². The molecule has 5 heteroatoms. The van der Waals surface area contributed by atoms with Crippen molar-refractivity contribution < 1.29 is 0 Å². The molecule has 0 aliphatic rings. The fourth-order valence-electron chi connectivity index (χ4n) is 2.98. The molecular formula is C20H20N4S. The lowest BCUT2D eigenvalue weighted by Gasteiger charge is -2.07. The molecule has 0 spiro atoms. The molecule has 0 fully saturated rings. The molecule has 0 amide bonds. The van der Waals surface area contributed by atoms with E-state index in [1.807, 2.05) is 12.1 Å². The third-order valence-electron chi connectivity index (χ3n) is 4.27. The maximum absolute atomic E-state index is 4.83. The minimum Gasteiger partial charge on any atom is -0.319 e. The van der Waals surface area contributed by atoms with Gasteiger partial charge in [0.2, 0.25) is 5.16 Å². The third-order valence-corrected chi connectivity index (χ3v) is 5.19. The minimum absolute atomic E-state index is 0.762. The summed E-state index contributed by atoms with van der Waals surface area (Å²) >= 11 is 1.69. The van der Waals surface area contributed by atoms with Crippen molar-refractivity contribution in [3.05, 3.63) is 60.2 Å². The summed E-state index contributed by atoms with van der Waals surface area (Å²) in [7, 11) is 0. The number of thioether (sulfide) groups is 1. The second-order valence-electron chi connectivity index (χ2n) is 6.06. The highest BCUT2D eigenvalue weighted by Gasteiger charge is 2.14. The first-order valence-corrected chi connectivity index (χ1v) is 9.63. The Hall–Kier alpha value is -2.40. The molecule has 0 bridgehead atoms. The molecule has 0 N–H and O–H groups in total. The standard InChI is InChI=1S/C20H20N4S/c1-2-3-13-25-20-21-19-18(22-23-20)16-11-7-8-12-17(16)24(19)14-15-9-5-4-6-10-15/h4-12H,2-3,13-14H2,1H3. The molecule has 0 atom stereocenters. The Bertz CT molecular complexity index is 995. The lowest BCUT2D eigenvalue weighted by Crippen LogP contribution is -2.02. The van der Waals surface area contributed by atoms with Gasteiger partial charge in [-0.25, -0.2) is 4.98 Å². The maximum atomic E-state index is 4.83. The zero-order valence-electron chi connectivity index (χ0n) is 14.2. The molecule has 4 nitrogen and oxygen atoms in total. The van der Waals surface area contributed by atoms with Crippen molar-refractivity contribution in [2.24, 2.45) is 0 Å². The van der Waals surface area contributed by atoms with Crippen LogP contribution in [0.25, 0.3) is 22.1 Å².